The van der Waals surface area contributed by atoms with E-state index >= 15 is 0 Å². The third-order valence-corrected chi connectivity index (χ3v) is 3.78. The van der Waals surface area contributed by atoms with Gasteiger partial charge in [-0.05, 0) is 43.9 Å². The second-order valence-corrected chi connectivity index (χ2v) is 6.17. The number of nitrogens with zero attached hydrogens (tertiary/aromatic N) is 1. The van der Waals surface area contributed by atoms with Gasteiger partial charge in [0.1, 0.15) is 0 Å². The van der Waals surface area contributed by atoms with E-state index in [9.17, 15) is 9.90 Å². The van der Waals surface area contributed by atoms with Crippen LogP contribution in [0.1, 0.15) is 45.2 Å². The highest BCUT2D eigenvalue weighted by atomic mass is 16.3. The molecule has 4 heteroatoms. The first-order valence-electron chi connectivity index (χ1n) is 7.26. The van der Waals surface area contributed by atoms with Crippen LogP contribution in [-0.4, -0.2) is 23.7 Å². The van der Waals surface area contributed by atoms with E-state index in [-0.39, 0.29) is 11.8 Å². The molecule has 0 spiro atoms. The molecule has 0 radical (unpaired) electrons. The number of nitrogens with one attached hydrogen (secondary N) is 1. The van der Waals surface area contributed by atoms with Crippen LogP contribution in [0.15, 0.2) is 24.3 Å². The van der Waals surface area contributed by atoms with Crippen LogP contribution in [0, 0.1) is 17.2 Å². The molecule has 1 unspecified atom stereocenters. The highest BCUT2D eigenvalue weighted by Gasteiger charge is 2.29. The van der Waals surface area contributed by atoms with Crippen LogP contribution in [0.4, 0.5) is 0 Å². The van der Waals surface area contributed by atoms with Crippen molar-refractivity contribution in [2.75, 3.05) is 6.54 Å². The molecular formula is C17H24N2O2. The molecule has 0 saturated heterocycles. The molecule has 0 bridgehead atoms. The number of benzene rings is 1. The maximum atomic E-state index is 12.3. The molecule has 114 valence electrons. The van der Waals surface area contributed by atoms with Crippen molar-refractivity contribution in [3.63, 3.8) is 0 Å². The molecule has 0 aliphatic heterocycles. The van der Waals surface area contributed by atoms with Crippen molar-refractivity contribution in [2.24, 2.45) is 5.92 Å². The Morgan fingerprint density at radius 2 is 2.10 bits per heavy atom. The molecule has 21 heavy (non-hydrogen) atoms. The molecule has 1 atom stereocenters. The number of carbonyl (C=O) groups is 1. The lowest BCUT2D eigenvalue weighted by molar-refractivity contribution is -0.125. The van der Waals surface area contributed by atoms with Gasteiger partial charge in [-0.3, -0.25) is 4.79 Å². The summed E-state index contributed by atoms with van der Waals surface area (Å²) in [6, 6.07) is 9.18. The third-order valence-electron chi connectivity index (χ3n) is 3.78. The largest absolute Gasteiger partial charge is 0.393 e. The van der Waals surface area contributed by atoms with Crippen molar-refractivity contribution >= 4 is 5.91 Å². The predicted octanol–water partition coefficient (Wildman–Crippen LogP) is 2.36. The average Bonchev–Trinajstić information content (AvgIpc) is 2.46. The number of rotatable bonds is 6. The van der Waals surface area contributed by atoms with Crippen molar-refractivity contribution < 1.29 is 9.90 Å². The van der Waals surface area contributed by atoms with Gasteiger partial charge in [-0.15, -0.1) is 0 Å². The summed E-state index contributed by atoms with van der Waals surface area (Å²) in [6.07, 6.45) is 0.132. The summed E-state index contributed by atoms with van der Waals surface area (Å²) >= 11 is 0. The number of aliphatic hydroxyl groups excluding tert-OH is 1. The molecule has 1 aromatic rings. The number of nitriles is 1. The van der Waals surface area contributed by atoms with E-state index in [0.29, 0.717) is 18.5 Å². The van der Waals surface area contributed by atoms with Gasteiger partial charge in [0, 0.05) is 6.54 Å². The molecule has 1 amide bonds. The van der Waals surface area contributed by atoms with E-state index < -0.39 is 11.5 Å². The van der Waals surface area contributed by atoms with Crippen LogP contribution in [0.25, 0.3) is 0 Å². The Hall–Kier alpha value is -1.86. The quantitative estimate of drug-likeness (QED) is 0.844. The minimum absolute atomic E-state index is 0.103. The van der Waals surface area contributed by atoms with Gasteiger partial charge in [0.15, 0.2) is 0 Å². The van der Waals surface area contributed by atoms with E-state index in [1.54, 1.807) is 18.2 Å². The molecule has 1 aromatic carbocycles. The van der Waals surface area contributed by atoms with Gasteiger partial charge in [0.05, 0.1) is 23.2 Å². The summed E-state index contributed by atoms with van der Waals surface area (Å²) in [7, 11) is 0. The normalized spacial score (nSPS) is 12.8. The van der Waals surface area contributed by atoms with Crippen molar-refractivity contribution in [3.05, 3.63) is 35.4 Å². The number of aliphatic hydroxyl groups is 1. The third kappa shape index (κ3) is 4.57. The monoisotopic (exact) mass is 288 g/mol. The van der Waals surface area contributed by atoms with Crippen LogP contribution >= 0.6 is 0 Å². The SMILES string of the molecule is CC(C)C(O)CCNC(=O)C(C)(C)c1cccc(C#N)c1. The maximum Gasteiger partial charge on any atom is 0.230 e. The van der Waals surface area contributed by atoms with Crippen molar-refractivity contribution in [2.45, 2.75) is 45.6 Å². The molecule has 0 heterocycles. The minimum atomic E-state index is -0.713. The number of hydrogen-bond donors (Lipinski definition) is 2. The van der Waals surface area contributed by atoms with Gasteiger partial charge >= 0.3 is 0 Å². The zero-order chi connectivity index (χ0) is 16.0. The average molecular weight is 288 g/mol. The van der Waals surface area contributed by atoms with E-state index in [4.69, 9.17) is 5.26 Å². The first-order valence-corrected chi connectivity index (χ1v) is 7.26. The first-order chi connectivity index (χ1) is 9.78. The Kier molecular flexibility index (Phi) is 5.92. The first kappa shape index (κ1) is 17.2. The second-order valence-electron chi connectivity index (χ2n) is 6.17. The molecule has 4 nitrogen and oxygen atoms in total. The van der Waals surface area contributed by atoms with Gasteiger partial charge < -0.3 is 10.4 Å². The fourth-order valence-electron chi connectivity index (χ4n) is 2.00. The summed E-state index contributed by atoms with van der Waals surface area (Å²) < 4.78 is 0. The molecule has 0 fully saturated rings. The summed E-state index contributed by atoms with van der Waals surface area (Å²) in [5, 5.41) is 21.5. The molecular weight excluding hydrogens is 264 g/mol. The van der Waals surface area contributed by atoms with Crippen LogP contribution in [0.2, 0.25) is 0 Å². The Morgan fingerprint density at radius 3 is 2.67 bits per heavy atom. The molecule has 0 aromatic heterocycles. The number of amides is 1. The smallest absolute Gasteiger partial charge is 0.230 e. The van der Waals surface area contributed by atoms with Crippen molar-refractivity contribution in [1.29, 1.82) is 5.26 Å². The topological polar surface area (TPSA) is 73.1 Å². The van der Waals surface area contributed by atoms with Gasteiger partial charge in [-0.1, -0.05) is 26.0 Å². The van der Waals surface area contributed by atoms with Gasteiger partial charge in [0.2, 0.25) is 5.91 Å². The predicted molar refractivity (Wildman–Crippen MR) is 82.7 cm³/mol. The highest BCUT2D eigenvalue weighted by Crippen LogP contribution is 2.24. The van der Waals surface area contributed by atoms with E-state index in [1.165, 1.54) is 0 Å². The lowest BCUT2D eigenvalue weighted by Crippen LogP contribution is -2.41. The number of hydrogen-bond acceptors (Lipinski definition) is 3. The van der Waals surface area contributed by atoms with E-state index in [2.05, 4.69) is 11.4 Å². The Bertz CT molecular complexity index is 530. The van der Waals surface area contributed by atoms with Crippen LogP contribution in [0.5, 0.6) is 0 Å². The molecule has 1 rings (SSSR count). The van der Waals surface area contributed by atoms with Crippen LogP contribution in [-0.2, 0) is 10.2 Å². The zero-order valence-electron chi connectivity index (χ0n) is 13.2. The molecule has 2 N–H and O–H groups in total. The zero-order valence-corrected chi connectivity index (χ0v) is 13.2. The fourth-order valence-corrected chi connectivity index (χ4v) is 2.00. The van der Waals surface area contributed by atoms with Crippen LogP contribution < -0.4 is 5.32 Å². The summed E-state index contributed by atoms with van der Waals surface area (Å²) in [5.41, 5.74) is 0.641. The van der Waals surface area contributed by atoms with Crippen molar-refractivity contribution in [1.82, 2.24) is 5.32 Å². The highest BCUT2D eigenvalue weighted by molar-refractivity contribution is 5.87. The molecule has 0 saturated carbocycles. The minimum Gasteiger partial charge on any atom is -0.393 e. The van der Waals surface area contributed by atoms with E-state index in [0.717, 1.165) is 5.56 Å². The Balaban J connectivity index is 2.69. The lowest BCUT2D eigenvalue weighted by Gasteiger charge is -2.25. The van der Waals surface area contributed by atoms with E-state index in [1.807, 2.05) is 33.8 Å². The maximum absolute atomic E-state index is 12.3. The standard InChI is InChI=1S/C17H24N2O2/c1-12(2)15(20)8-9-19-16(21)17(3,4)14-7-5-6-13(10-14)11-18/h5-7,10,12,15,20H,8-9H2,1-4H3,(H,19,21). The van der Waals surface area contributed by atoms with Gasteiger partial charge in [-0.25, -0.2) is 0 Å². The fraction of sp³-hybridized carbons (Fsp3) is 0.529. The Morgan fingerprint density at radius 1 is 1.43 bits per heavy atom. The van der Waals surface area contributed by atoms with Gasteiger partial charge in [0.25, 0.3) is 0 Å². The lowest BCUT2D eigenvalue weighted by atomic mass is 9.83. The second kappa shape index (κ2) is 7.24. The number of carbonyl (C=O) groups excluding carboxylic acids is 1. The summed E-state index contributed by atoms with van der Waals surface area (Å²) in [6.45, 7) is 8.00. The summed E-state index contributed by atoms with van der Waals surface area (Å²) in [5.74, 6) is 0.0794. The molecule has 0 aliphatic rings. The Labute approximate surface area is 126 Å². The molecule has 0 aliphatic carbocycles. The van der Waals surface area contributed by atoms with Crippen LogP contribution in [0.3, 0.4) is 0 Å². The van der Waals surface area contributed by atoms with Gasteiger partial charge in [-0.2, -0.15) is 5.26 Å². The van der Waals surface area contributed by atoms with Crippen molar-refractivity contribution in [3.8, 4) is 6.07 Å². The summed E-state index contributed by atoms with van der Waals surface area (Å²) in [4.78, 5) is 12.3.